The van der Waals surface area contributed by atoms with E-state index in [0.29, 0.717) is 34.3 Å². The van der Waals surface area contributed by atoms with Crippen molar-refractivity contribution in [3.8, 4) is 0 Å². The van der Waals surface area contributed by atoms with E-state index in [1.54, 1.807) is 13.0 Å². The number of esters is 1. The minimum atomic E-state index is -0.371. The molecule has 1 heterocycles. The summed E-state index contributed by atoms with van der Waals surface area (Å²) in [4.78, 5) is 40.2. The van der Waals surface area contributed by atoms with Crippen molar-refractivity contribution in [3.63, 3.8) is 0 Å². The van der Waals surface area contributed by atoms with E-state index in [0.717, 1.165) is 40.2 Å². The number of nitrogens with one attached hydrogen (secondary N) is 2. The van der Waals surface area contributed by atoms with Gasteiger partial charge in [0.1, 0.15) is 5.00 Å². The van der Waals surface area contributed by atoms with Crippen molar-refractivity contribution in [1.82, 2.24) is 0 Å². The quantitative estimate of drug-likeness (QED) is 0.266. The van der Waals surface area contributed by atoms with Crippen molar-refractivity contribution in [3.05, 3.63) is 75.7 Å². The number of aryl methyl sites for hydroxylation is 1. The number of thiophene rings is 1. The molecule has 3 aromatic rings. The second-order valence-electron chi connectivity index (χ2n) is 8.91. The van der Waals surface area contributed by atoms with Gasteiger partial charge in [0.2, 0.25) is 5.91 Å². The van der Waals surface area contributed by atoms with Crippen LogP contribution in [0.3, 0.4) is 0 Å². The Hall–Kier alpha value is -3.10. The van der Waals surface area contributed by atoms with E-state index in [2.05, 4.69) is 17.6 Å². The summed E-state index contributed by atoms with van der Waals surface area (Å²) in [6.45, 7) is 6.18. The molecule has 0 radical (unpaired) electrons. The molecule has 0 aliphatic heterocycles. The zero-order chi connectivity index (χ0) is 25.7. The average molecular weight is 523 g/mol. The van der Waals surface area contributed by atoms with E-state index < -0.39 is 0 Å². The summed E-state index contributed by atoms with van der Waals surface area (Å²) < 4.78 is 5.29. The Morgan fingerprint density at radius 1 is 1.11 bits per heavy atom. The lowest BCUT2D eigenvalue weighted by Crippen LogP contribution is -2.17. The number of amides is 2. The second kappa shape index (κ2) is 11.8. The molecule has 0 saturated heterocycles. The van der Waals surface area contributed by atoms with Gasteiger partial charge in [-0.3, -0.25) is 9.59 Å². The van der Waals surface area contributed by atoms with Gasteiger partial charge in [-0.1, -0.05) is 31.2 Å². The van der Waals surface area contributed by atoms with Gasteiger partial charge in [-0.15, -0.1) is 23.1 Å². The number of hydrogen-bond donors (Lipinski definition) is 2. The monoisotopic (exact) mass is 522 g/mol. The van der Waals surface area contributed by atoms with Crippen LogP contribution in [0.4, 0.5) is 10.7 Å². The first-order valence-corrected chi connectivity index (χ1v) is 13.9. The standard InChI is InChI=1S/C28H30N2O4S2/c1-4-34-28(33)25-22-13-12-17(2)14-23(22)36-27(25)30-24(31)16-35-20-10-7-9-19(15-20)29-26(32)21-11-6-5-8-18(21)3/h5-11,15,17H,4,12-14,16H2,1-3H3,(H,29,32)(H,30,31). The van der Waals surface area contributed by atoms with Gasteiger partial charge in [0.25, 0.3) is 5.91 Å². The molecule has 0 bridgehead atoms. The molecular formula is C28H30N2O4S2. The molecule has 36 heavy (non-hydrogen) atoms. The minimum Gasteiger partial charge on any atom is -0.462 e. The highest BCUT2D eigenvalue weighted by Gasteiger charge is 2.29. The van der Waals surface area contributed by atoms with Crippen molar-refractivity contribution < 1.29 is 19.1 Å². The number of ether oxygens (including phenoxy) is 1. The molecule has 1 aromatic heterocycles. The van der Waals surface area contributed by atoms with Crippen LogP contribution in [-0.2, 0) is 22.4 Å². The number of thioether (sulfide) groups is 1. The Bertz CT molecular complexity index is 1280. The fourth-order valence-corrected chi connectivity index (χ4v) is 6.43. The van der Waals surface area contributed by atoms with E-state index in [-0.39, 0.29) is 23.5 Å². The van der Waals surface area contributed by atoms with Crippen LogP contribution < -0.4 is 10.6 Å². The van der Waals surface area contributed by atoms with Crippen molar-refractivity contribution in [2.24, 2.45) is 5.92 Å². The van der Waals surface area contributed by atoms with Gasteiger partial charge in [0, 0.05) is 21.0 Å². The van der Waals surface area contributed by atoms with Crippen molar-refractivity contribution in [2.75, 3.05) is 23.0 Å². The topological polar surface area (TPSA) is 84.5 Å². The Morgan fingerprint density at radius 2 is 1.92 bits per heavy atom. The van der Waals surface area contributed by atoms with E-state index >= 15 is 0 Å². The Morgan fingerprint density at radius 3 is 2.69 bits per heavy atom. The van der Waals surface area contributed by atoms with Crippen molar-refractivity contribution in [2.45, 2.75) is 44.9 Å². The number of carbonyl (C=O) groups excluding carboxylic acids is 3. The normalized spacial score (nSPS) is 14.6. The molecule has 1 atom stereocenters. The van der Waals surface area contributed by atoms with Crippen molar-refractivity contribution >= 4 is 51.6 Å². The van der Waals surface area contributed by atoms with Gasteiger partial charge < -0.3 is 15.4 Å². The molecule has 2 aromatic carbocycles. The highest BCUT2D eigenvalue weighted by Crippen LogP contribution is 2.40. The first-order chi connectivity index (χ1) is 17.4. The molecule has 4 rings (SSSR count). The number of fused-ring (bicyclic) bond motifs is 1. The molecule has 188 valence electrons. The Labute approximate surface area is 219 Å². The van der Waals surface area contributed by atoms with Gasteiger partial charge in [-0.05, 0) is 74.4 Å². The maximum Gasteiger partial charge on any atom is 0.341 e. The molecule has 6 nitrogen and oxygen atoms in total. The van der Waals surface area contributed by atoms with Crippen LogP contribution in [0, 0.1) is 12.8 Å². The number of rotatable bonds is 8. The van der Waals surface area contributed by atoms with Crippen LogP contribution in [0.15, 0.2) is 53.4 Å². The molecule has 2 amide bonds. The summed E-state index contributed by atoms with van der Waals surface area (Å²) in [6, 6.07) is 14.9. The fraction of sp³-hybridized carbons (Fsp3) is 0.321. The molecule has 0 fully saturated rings. The predicted molar refractivity (Wildman–Crippen MR) is 146 cm³/mol. The van der Waals surface area contributed by atoms with Gasteiger partial charge in [-0.2, -0.15) is 0 Å². The third-order valence-electron chi connectivity index (χ3n) is 6.10. The van der Waals surface area contributed by atoms with Crippen LogP contribution in [-0.4, -0.2) is 30.1 Å². The number of anilines is 2. The lowest BCUT2D eigenvalue weighted by molar-refractivity contribution is -0.113. The molecule has 0 saturated carbocycles. The molecule has 1 unspecified atom stereocenters. The van der Waals surface area contributed by atoms with E-state index in [1.165, 1.54) is 23.1 Å². The highest BCUT2D eigenvalue weighted by atomic mass is 32.2. The molecule has 1 aliphatic rings. The number of carbonyl (C=O) groups is 3. The van der Waals surface area contributed by atoms with Gasteiger partial charge in [0.15, 0.2) is 0 Å². The highest BCUT2D eigenvalue weighted by molar-refractivity contribution is 8.00. The van der Waals surface area contributed by atoms with Gasteiger partial charge in [0.05, 0.1) is 17.9 Å². The second-order valence-corrected chi connectivity index (χ2v) is 11.1. The van der Waals surface area contributed by atoms with Crippen LogP contribution in [0.25, 0.3) is 0 Å². The average Bonchev–Trinajstić information content (AvgIpc) is 3.20. The summed E-state index contributed by atoms with van der Waals surface area (Å²) in [7, 11) is 0. The number of benzene rings is 2. The summed E-state index contributed by atoms with van der Waals surface area (Å²) in [5, 5.41) is 6.46. The zero-order valence-corrected chi connectivity index (χ0v) is 22.3. The SMILES string of the molecule is CCOC(=O)c1c(NC(=O)CSc2cccc(NC(=O)c3ccccc3C)c2)sc2c1CCC(C)C2. The third kappa shape index (κ3) is 6.17. The first kappa shape index (κ1) is 26.0. The van der Waals surface area contributed by atoms with Crippen LogP contribution in [0.2, 0.25) is 0 Å². The zero-order valence-electron chi connectivity index (χ0n) is 20.7. The van der Waals surface area contributed by atoms with Gasteiger partial charge >= 0.3 is 5.97 Å². The van der Waals surface area contributed by atoms with Crippen molar-refractivity contribution in [1.29, 1.82) is 0 Å². The van der Waals surface area contributed by atoms with E-state index in [4.69, 9.17) is 4.74 Å². The van der Waals surface area contributed by atoms with E-state index in [9.17, 15) is 14.4 Å². The number of hydrogen-bond acceptors (Lipinski definition) is 6. The molecule has 1 aliphatic carbocycles. The summed E-state index contributed by atoms with van der Waals surface area (Å²) in [6.07, 6.45) is 2.76. The maximum absolute atomic E-state index is 12.8. The maximum atomic E-state index is 12.8. The Kier molecular flexibility index (Phi) is 8.48. The summed E-state index contributed by atoms with van der Waals surface area (Å²) in [5.41, 5.74) is 3.74. The van der Waals surface area contributed by atoms with Crippen LogP contribution in [0.1, 0.15) is 57.0 Å². The molecule has 8 heteroatoms. The molecule has 0 spiro atoms. The lowest BCUT2D eigenvalue weighted by Gasteiger charge is -2.18. The fourth-order valence-electron chi connectivity index (χ4n) is 4.26. The minimum absolute atomic E-state index is 0.171. The smallest absolute Gasteiger partial charge is 0.341 e. The van der Waals surface area contributed by atoms with Crippen LogP contribution in [0.5, 0.6) is 0 Å². The van der Waals surface area contributed by atoms with Crippen LogP contribution >= 0.6 is 23.1 Å². The largest absolute Gasteiger partial charge is 0.462 e. The third-order valence-corrected chi connectivity index (χ3v) is 8.26. The molecule has 2 N–H and O–H groups in total. The Balaban J connectivity index is 1.41. The lowest BCUT2D eigenvalue weighted by atomic mass is 9.88. The first-order valence-electron chi connectivity index (χ1n) is 12.1. The predicted octanol–water partition coefficient (Wildman–Crippen LogP) is 6.34. The van der Waals surface area contributed by atoms with E-state index in [1.807, 2.05) is 49.4 Å². The van der Waals surface area contributed by atoms with Gasteiger partial charge in [-0.25, -0.2) is 4.79 Å². The molecular weight excluding hydrogens is 492 g/mol. The summed E-state index contributed by atoms with van der Waals surface area (Å²) in [5.74, 6) is 0.00617. The summed E-state index contributed by atoms with van der Waals surface area (Å²) >= 11 is 2.86.